The van der Waals surface area contributed by atoms with Gasteiger partial charge in [0.1, 0.15) is 0 Å². The summed E-state index contributed by atoms with van der Waals surface area (Å²) in [7, 11) is 2.07. The lowest BCUT2D eigenvalue weighted by molar-refractivity contribution is -0.0599. The minimum absolute atomic E-state index is 0.0847. The molecule has 3 aromatic rings. The lowest BCUT2D eigenvalue weighted by Crippen LogP contribution is -2.57. The molecule has 2 aliphatic carbocycles. The van der Waals surface area contributed by atoms with Crippen molar-refractivity contribution in [3.63, 3.8) is 0 Å². The highest BCUT2D eigenvalue weighted by Gasteiger charge is 2.53. The van der Waals surface area contributed by atoms with Crippen LogP contribution in [0.1, 0.15) is 52.7 Å². The highest BCUT2D eigenvalue weighted by atomic mass is 32.1. The third kappa shape index (κ3) is 3.55. The van der Waals surface area contributed by atoms with E-state index in [9.17, 15) is 4.79 Å². The molecule has 0 saturated heterocycles. The molecule has 166 valence electrons. The van der Waals surface area contributed by atoms with Gasteiger partial charge >= 0.3 is 0 Å². The van der Waals surface area contributed by atoms with E-state index in [1.54, 1.807) is 11.3 Å². The molecule has 2 aromatic carbocycles. The molecule has 3 nitrogen and oxygen atoms in total. The molecule has 1 unspecified atom stereocenters. The molecule has 5 rings (SSSR count). The molecule has 0 bridgehead atoms. The van der Waals surface area contributed by atoms with Gasteiger partial charge in [-0.2, -0.15) is 0 Å². The minimum atomic E-state index is 0.0847. The number of hydrogen-bond acceptors (Lipinski definition) is 3. The number of benzene rings is 2. The van der Waals surface area contributed by atoms with E-state index < -0.39 is 0 Å². The van der Waals surface area contributed by atoms with Crippen molar-refractivity contribution in [3.8, 4) is 11.1 Å². The van der Waals surface area contributed by atoms with Gasteiger partial charge in [-0.1, -0.05) is 49.4 Å². The van der Waals surface area contributed by atoms with Gasteiger partial charge in [-0.3, -0.25) is 4.79 Å². The summed E-state index contributed by atoms with van der Waals surface area (Å²) in [5.74, 6) is 0.905. The fourth-order valence-electron chi connectivity index (χ4n) is 5.71. The summed E-state index contributed by atoms with van der Waals surface area (Å²) in [6, 6.07) is 19.3. The molecule has 32 heavy (non-hydrogen) atoms. The molecule has 4 heteroatoms. The molecule has 1 atom stereocenters. The number of rotatable bonds is 5. The van der Waals surface area contributed by atoms with Crippen LogP contribution in [0.3, 0.4) is 0 Å². The third-order valence-electron chi connectivity index (χ3n) is 7.91. The van der Waals surface area contributed by atoms with Crippen LogP contribution in [0.4, 0.5) is 11.4 Å². The normalized spacial score (nSPS) is 24.0. The first kappa shape index (κ1) is 21.3. The topological polar surface area (TPSA) is 32.3 Å². The zero-order valence-corrected chi connectivity index (χ0v) is 20.3. The molecule has 1 amide bonds. The average Bonchev–Trinajstić information content (AvgIpc) is 3.08. The van der Waals surface area contributed by atoms with Crippen molar-refractivity contribution >= 4 is 28.6 Å². The van der Waals surface area contributed by atoms with Gasteiger partial charge < -0.3 is 10.2 Å². The fourth-order valence-corrected chi connectivity index (χ4v) is 6.80. The van der Waals surface area contributed by atoms with Crippen LogP contribution in [-0.4, -0.2) is 19.0 Å². The fraction of sp³-hybridized carbons (Fsp3) is 0.393. The maximum absolute atomic E-state index is 13.3. The van der Waals surface area contributed by atoms with E-state index in [1.165, 1.54) is 28.8 Å². The zero-order valence-electron chi connectivity index (χ0n) is 19.4. The van der Waals surface area contributed by atoms with Crippen LogP contribution >= 0.6 is 11.3 Å². The Morgan fingerprint density at radius 1 is 1.00 bits per heavy atom. The molecule has 1 spiro atoms. The maximum atomic E-state index is 13.3. The number of nitrogens with one attached hydrogen (secondary N) is 1. The second-order valence-electron chi connectivity index (χ2n) is 9.79. The molecule has 0 aliphatic heterocycles. The van der Waals surface area contributed by atoms with Gasteiger partial charge in [0, 0.05) is 28.5 Å². The van der Waals surface area contributed by atoms with E-state index in [0.29, 0.717) is 11.5 Å². The Morgan fingerprint density at radius 3 is 2.25 bits per heavy atom. The number of hydrogen-bond donors (Lipinski definition) is 1. The summed E-state index contributed by atoms with van der Waals surface area (Å²) in [4.78, 5) is 17.8. The smallest absolute Gasteiger partial charge is 0.254 e. The molecular formula is C28H32N2OS. The van der Waals surface area contributed by atoms with Gasteiger partial charge in [-0.15, -0.1) is 11.3 Å². The predicted molar refractivity (Wildman–Crippen MR) is 135 cm³/mol. The number of aryl methyl sites for hydroxylation is 2. The Kier molecular flexibility index (Phi) is 5.37. The highest BCUT2D eigenvalue weighted by molar-refractivity contribution is 7.12. The summed E-state index contributed by atoms with van der Waals surface area (Å²) >= 11 is 1.71. The second-order valence-corrected chi connectivity index (χ2v) is 11.2. The van der Waals surface area contributed by atoms with Gasteiger partial charge in [-0.25, -0.2) is 0 Å². The van der Waals surface area contributed by atoms with Crippen LogP contribution in [0.15, 0.2) is 54.6 Å². The first-order chi connectivity index (χ1) is 15.4. The molecular weight excluding hydrogens is 412 g/mol. The molecule has 2 fully saturated rings. The summed E-state index contributed by atoms with van der Waals surface area (Å²) in [6.45, 7) is 6.55. The lowest BCUT2D eigenvalue weighted by atomic mass is 9.49. The monoisotopic (exact) mass is 444 g/mol. The molecule has 2 saturated carbocycles. The summed E-state index contributed by atoms with van der Waals surface area (Å²) < 4.78 is 0. The SMILES string of the molecule is Cc1sc(C)c(N(C)c2ccc(-c3ccccc3)cc2)c1C(=O)NC1CC2(CCC2C)C1. The van der Waals surface area contributed by atoms with E-state index in [1.807, 2.05) is 6.07 Å². The Morgan fingerprint density at radius 2 is 1.66 bits per heavy atom. The largest absolute Gasteiger partial charge is 0.349 e. The van der Waals surface area contributed by atoms with Crippen LogP contribution < -0.4 is 10.2 Å². The van der Waals surface area contributed by atoms with Crippen molar-refractivity contribution in [1.29, 1.82) is 0 Å². The van der Waals surface area contributed by atoms with Gasteiger partial charge in [0.2, 0.25) is 0 Å². The van der Waals surface area contributed by atoms with Crippen LogP contribution in [0.25, 0.3) is 11.1 Å². The van der Waals surface area contributed by atoms with E-state index >= 15 is 0 Å². The molecule has 1 heterocycles. The number of nitrogens with zero attached hydrogens (tertiary/aromatic N) is 1. The van der Waals surface area contributed by atoms with E-state index in [4.69, 9.17) is 0 Å². The Hall–Kier alpha value is -2.59. The number of amides is 1. The third-order valence-corrected chi connectivity index (χ3v) is 8.92. The van der Waals surface area contributed by atoms with Crippen LogP contribution in [0.2, 0.25) is 0 Å². The van der Waals surface area contributed by atoms with Crippen molar-refractivity contribution in [2.75, 3.05) is 11.9 Å². The first-order valence-electron chi connectivity index (χ1n) is 11.7. The average molecular weight is 445 g/mol. The zero-order chi connectivity index (χ0) is 22.5. The van der Waals surface area contributed by atoms with Crippen molar-refractivity contribution in [2.24, 2.45) is 11.3 Å². The van der Waals surface area contributed by atoms with Gasteiger partial charge in [0.05, 0.1) is 11.3 Å². The van der Waals surface area contributed by atoms with Crippen molar-refractivity contribution < 1.29 is 4.79 Å². The van der Waals surface area contributed by atoms with Gasteiger partial charge in [0.25, 0.3) is 5.91 Å². The van der Waals surface area contributed by atoms with E-state index in [-0.39, 0.29) is 5.91 Å². The van der Waals surface area contributed by atoms with E-state index in [0.717, 1.165) is 40.6 Å². The molecule has 0 radical (unpaired) electrons. The van der Waals surface area contributed by atoms with Crippen LogP contribution in [0, 0.1) is 25.2 Å². The quantitative estimate of drug-likeness (QED) is 0.455. The number of thiophene rings is 1. The number of anilines is 2. The second kappa shape index (κ2) is 8.08. The minimum Gasteiger partial charge on any atom is -0.349 e. The number of carbonyl (C=O) groups is 1. The lowest BCUT2D eigenvalue weighted by Gasteiger charge is -2.58. The Bertz CT molecular complexity index is 1130. The van der Waals surface area contributed by atoms with Crippen molar-refractivity contribution in [1.82, 2.24) is 5.32 Å². The highest BCUT2D eigenvalue weighted by Crippen LogP contribution is 2.59. The predicted octanol–water partition coefficient (Wildman–Crippen LogP) is 7.11. The van der Waals surface area contributed by atoms with Crippen molar-refractivity contribution in [2.45, 2.75) is 52.5 Å². The van der Waals surface area contributed by atoms with Gasteiger partial charge in [-0.05, 0) is 74.1 Å². The summed E-state index contributed by atoms with van der Waals surface area (Å²) in [5, 5.41) is 3.35. The maximum Gasteiger partial charge on any atom is 0.254 e. The van der Waals surface area contributed by atoms with Crippen molar-refractivity contribution in [3.05, 3.63) is 69.9 Å². The van der Waals surface area contributed by atoms with Crippen LogP contribution in [-0.2, 0) is 0 Å². The standard InChI is InChI=1S/C28H32N2OS/c1-18-14-15-28(18)16-23(17-28)29-27(31)25-19(2)32-20(3)26(25)30(4)24-12-10-22(11-13-24)21-8-6-5-7-9-21/h5-13,18,23H,14-17H2,1-4H3,(H,29,31). The summed E-state index contributed by atoms with van der Waals surface area (Å²) in [5.41, 5.74) is 5.89. The Balaban J connectivity index is 1.35. The Labute approximate surface area is 195 Å². The van der Waals surface area contributed by atoms with Gasteiger partial charge in [0.15, 0.2) is 0 Å². The first-order valence-corrected chi connectivity index (χ1v) is 12.5. The summed E-state index contributed by atoms with van der Waals surface area (Å²) in [6.07, 6.45) is 4.98. The number of carbonyl (C=O) groups excluding carboxylic acids is 1. The van der Waals surface area contributed by atoms with Crippen LogP contribution in [0.5, 0.6) is 0 Å². The van der Waals surface area contributed by atoms with E-state index in [2.05, 4.69) is 86.6 Å². The molecule has 1 N–H and O–H groups in total. The molecule has 2 aliphatic rings. The molecule has 1 aromatic heterocycles.